The molecule has 0 spiro atoms. The largest absolute Gasteiger partial charge is 0.492 e. The Morgan fingerprint density at radius 3 is 2.43 bits per heavy atom. The van der Waals surface area contributed by atoms with Crippen LogP contribution in [0.5, 0.6) is 5.75 Å². The lowest BCUT2D eigenvalue weighted by molar-refractivity contribution is -0.121. The Labute approximate surface area is 182 Å². The van der Waals surface area contributed by atoms with Gasteiger partial charge in [-0.05, 0) is 62.1 Å². The third-order valence-corrected chi connectivity index (χ3v) is 5.74. The highest BCUT2D eigenvalue weighted by Gasteiger charge is 2.30. The Bertz CT molecular complexity index is 864. The SMILES string of the molecule is CCOc1ccccc1NC(=O)[C@H](C)C1CCN(C(=O)Nc2ccc(Cl)cc2)CC1. The number of ether oxygens (including phenoxy) is 1. The molecule has 3 rings (SSSR count). The van der Waals surface area contributed by atoms with Crippen LogP contribution < -0.4 is 15.4 Å². The number of amides is 3. The highest BCUT2D eigenvalue weighted by Crippen LogP contribution is 2.29. The average Bonchev–Trinajstić information content (AvgIpc) is 2.76. The second-order valence-electron chi connectivity index (χ2n) is 7.47. The monoisotopic (exact) mass is 429 g/mol. The predicted octanol–water partition coefficient (Wildman–Crippen LogP) is 5.26. The second kappa shape index (κ2) is 10.3. The summed E-state index contributed by atoms with van der Waals surface area (Å²) in [6.07, 6.45) is 1.57. The number of hydrogen-bond acceptors (Lipinski definition) is 3. The first-order valence-corrected chi connectivity index (χ1v) is 10.7. The van der Waals surface area contributed by atoms with Crippen molar-refractivity contribution in [2.45, 2.75) is 26.7 Å². The van der Waals surface area contributed by atoms with Crippen molar-refractivity contribution < 1.29 is 14.3 Å². The molecule has 0 radical (unpaired) electrons. The van der Waals surface area contributed by atoms with Crippen LogP contribution in [-0.4, -0.2) is 36.5 Å². The quantitative estimate of drug-likeness (QED) is 0.658. The lowest BCUT2D eigenvalue weighted by Crippen LogP contribution is -2.43. The summed E-state index contributed by atoms with van der Waals surface area (Å²) in [5.41, 5.74) is 1.41. The first kappa shape index (κ1) is 22.0. The van der Waals surface area contributed by atoms with Crippen molar-refractivity contribution in [3.8, 4) is 5.75 Å². The third kappa shape index (κ3) is 5.66. The summed E-state index contributed by atoms with van der Waals surface area (Å²) in [5, 5.41) is 6.52. The molecule has 0 unspecified atom stereocenters. The van der Waals surface area contributed by atoms with Crippen LogP contribution in [0.1, 0.15) is 26.7 Å². The van der Waals surface area contributed by atoms with Crippen LogP contribution in [0.3, 0.4) is 0 Å². The standard InChI is InChI=1S/C23H28ClN3O3/c1-3-30-21-7-5-4-6-20(21)26-22(28)16(2)17-12-14-27(15-13-17)23(29)25-19-10-8-18(24)9-11-19/h4-11,16-17H,3,12-15H2,1-2H3,(H,25,29)(H,26,28)/t16-/m1/s1. The van der Waals surface area contributed by atoms with E-state index in [2.05, 4.69) is 10.6 Å². The lowest BCUT2D eigenvalue weighted by atomic mass is 9.85. The van der Waals surface area contributed by atoms with E-state index in [0.717, 1.165) is 12.8 Å². The van der Waals surface area contributed by atoms with Crippen molar-refractivity contribution in [1.82, 2.24) is 4.90 Å². The molecule has 6 nitrogen and oxygen atoms in total. The highest BCUT2D eigenvalue weighted by molar-refractivity contribution is 6.30. The van der Waals surface area contributed by atoms with E-state index in [9.17, 15) is 9.59 Å². The number of piperidine rings is 1. The molecule has 2 aromatic carbocycles. The first-order valence-electron chi connectivity index (χ1n) is 10.3. The number of rotatable bonds is 6. The minimum absolute atomic E-state index is 0.0220. The van der Waals surface area contributed by atoms with Gasteiger partial charge in [0.1, 0.15) is 5.75 Å². The number of anilines is 2. The zero-order valence-electron chi connectivity index (χ0n) is 17.4. The van der Waals surface area contributed by atoms with Gasteiger partial charge in [-0.15, -0.1) is 0 Å². The van der Waals surface area contributed by atoms with Gasteiger partial charge in [0.15, 0.2) is 0 Å². The normalized spacial score (nSPS) is 15.4. The molecular weight excluding hydrogens is 402 g/mol. The summed E-state index contributed by atoms with van der Waals surface area (Å²) in [4.78, 5) is 27.1. The molecule has 3 amide bonds. The molecule has 0 aliphatic carbocycles. The Hall–Kier alpha value is -2.73. The maximum atomic E-state index is 12.8. The van der Waals surface area contributed by atoms with Crippen LogP contribution >= 0.6 is 11.6 Å². The minimum Gasteiger partial charge on any atom is -0.492 e. The van der Waals surface area contributed by atoms with Crippen LogP contribution in [0.2, 0.25) is 5.02 Å². The molecule has 1 saturated heterocycles. The Kier molecular flexibility index (Phi) is 7.57. The molecule has 0 saturated carbocycles. The summed E-state index contributed by atoms with van der Waals surface area (Å²) < 4.78 is 5.59. The Morgan fingerprint density at radius 1 is 1.10 bits per heavy atom. The molecule has 1 atom stereocenters. The van der Waals surface area contributed by atoms with E-state index in [1.807, 2.05) is 38.1 Å². The van der Waals surface area contributed by atoms with Gasteiger partial charge in [-0.25, -0.2) is 4.79 Å². The number of carbonyl (C=O) groups excluding carboxylic acids is 2. The number of urea groups is 1. The first-order chi connectivity index (χ1) is 14.5. The molecule has 2 aromatic rings. The van der Waals surface area contributed by atoms with Crippen molar-refractivity contribution in [1.29, 1.82) is 0 Å². The van der Waals surface area contributed by atoms with Gasteiger partial charge in [0.25, 0.3) is 0 Å². The van der Waals surface area contributed by atoms with E-state index in [-0.39, 0.29) is 23.8 Å². The Morgan fingerprint density at radius 2 is 1.77 bits per heavy atom. The average molecular weight is 430 g/mol. The van der Waals surface area contributed by atoms with E-state index in [0.29, 0.717) is 41.8 Å². The molecule has 0 aromatic heterocycles. The molecule has 1 aliphatic rings. The molecular formula is C23H28ClN3O3. The zero-order valence-corrected chi connectivity index (χ0v) is 18.1. The summed E-state index contributed by atoms with van der Waals surface area (Å²) in [6, 6.07) is 14.4. The van der Waals surface area contributed by atoms with Crippen LogP contribution in [0.4, 0.5) is 16.2 Å². The van der Waals surface area contributed by atoms with Crippen molar-refractivity contribution in [2.75, 3.05) is 30.3 Å². The summed E-state index contributed by atoms with van der Waals surface area (Å²) in [7, 11) is 0. The number of carbonyl (C=O) groups is 2. The third-order valence-electron chi connectivity index (χ3n) is 5.49. The van der Waals surface area contributed by atoms with Crippen LogP contribution in [-0.2, 0) is 4.79 Å². The van der Waals surface area contributed by atoms with E-state index >= 15 is 0 Å². The number of hydrogen-bond donors (Lipinski definition) is 2. The van der Waals surface area contributed by atoms with Gasteiger partial charge >= 0.3 is 6.03 Å². The van der Waals surface area contributed by atoms with Crippen molar-refractivity contribution in [2.24, 2.45) is 11.8 Å². The van der Waals surface area contributed by atoms with E-state index < -0.39 is 0 Å². The molecule has 7 heteroatoms. The van der Waals surface area contributed by atoms with Crippen molar-refractivity contribution >= 4 is 34.9 Å². The van der Waals surface area contributed by atoms with Gasteiger partial charge < -0.3 is 20.3 Å². The lowest BCUT2D eigenvalue weighted by Gasteiger charge is -2.34. The second-order valence-corrected chi connectivity index (χ2v) is 7.91. The number of nitrogens with one attached hydrogen (secondary N) is 2. The molecule has 2 N–H and O–H groups in total. The Balaban J connectivity index is 1.51. The number of halogens is 1. The van der Waals surface area contributed by atoms with E-state index in [1.54, 1.807) is 29.2 Å². The maximum absolute atomic E-state index is 12.8. The van der Waals surface area contributed by atoms with Crippen LogP contribution in [0.15, 0.2) is 48.5 Å². The van der Waals surface area contributed by atoms with Gasteiger partial charge in [0, 0.05) is 29.7 Å². The molecule has 1 heterocycles. The molecule has 160 valence electrons. The van der Waals surface area contributed by atoms with Crippen LogP contribution in [0, 0.1) is 11.8 Å². The van der Waals surface area contributed by atoms with Gasteiger partial charge in [-0.2, -0.15) is 0 Å². The summed E-state index contributed by atoms with van der Waals surface area (Å²) in [6.45, 7) is 5.65. The van der Waals surface area contributed by atoms with Gasteiger partial charge in [0.05, 0.1) is 12.3 Å². The highest BCUT2D eigenvalue weighted by atomic mass is 35.5. The number of nitrogens with zero attached hydrogens (tertiary/aromatic N) is 1. The van der Waals surface area contributed by atoms with Crippen molar-refractivity contribution in [3.63, 3.8) is 0 Å². The smallest absolute Gasteiger partial charge is 0.321 e. The molecule has 1 fully saturated rings. The minimum atomic E-state index is -0.152. The number of likely N-dealkylation sites (tertiary alicyclic amines) is 1. The zero-order chi connectivity index (χ0) is 21.5. The van der Waals surface area contributed by atoms with E-state index in [4.69, 9.17) is 16.3 Å². The van der Waals surface area contributed by atoms with Crippen molar-refractivity contribution in [3.05, 3.63) is 53.6 Å². The predicted molar refractivity (Wildman–Crippen MR) is 120 cm³/mol. The summed E-state index contributed by atoms with van der Waals surface area (Å²) in [5.74, 6) is 0.727. The topological polar surface area (TPSA) is 70.7 Å². The van der Waals surface area contributed by atoms with Gasteiger partial charge in [-0.1, -0.05) is 30.7 Å². The summed E-state index contributed by atoms with van der Waals surface area (Å²) >= 11 is 5.88. The fraction of sp³-hybridized carbons (Fsp3) is 0.391. The van der Waals surface area contributed by atoms with E-state index in [1.165, 1.54) is 0 Å². The van der Waals surface area contributed by atoms with Crippen LogP contribution in [0.25, 0.3) is 0 Å². The fourth-order valence-corrected chi connectivity index (χ4v) is 3.78. The van der Waals surface area contributed by atoms with Gasteiger partial charge in [-0.3, -0.25) is 4.79 Å². The molecule has 1 aliphatic heterocycles. The number of para-hydroxylation sites is 2. The number of benzene rings is 2. The van der Waals surface area contributed by atoms with Gasteiger partial charge in [0.2, 0.25) is 5.91 Å². The fourth-order valence-electron chi connectivity index (χ4n) is 3.65. The maximum Gasteiger partial charge on any atom is 0.321 e. The molecule has 30 heavy (non-hydrogen) atoms. The molecule has 0 bridgehead atoms.